The van der Waals surface area contributed by atoms with Crippen molar-refractivity contribution in [2.24, 2.45) is 0 Å². The maximum atomic E-state index is 12.9. The Labute approximate surface area is 172 Å². The van der Waals surface area contributed by atoms with Gasteiger partial charge in [-0.3, -0.25) is 9.52 Å². The summed E-state index contributed by atoms with van der Waals surface area (Å²) in [6.07, 6.45) is 0.532. The van der Waals surface area contributed by atoms with Crippen LogP contribution < -0.4 is 14.4 Å². The van der Waals surface area contributed by atoms with E-state index in [9.17, 15) is 13.2 Å². The van der Waals surface area contributed by atoms with E-state index in [0.717, 1.165) is 11.4 Å². The van der Waals surface area contributed by atoms with Crippen molar-refractivity contribution < 1.29 is 17.9 Å². The van der Waals surface area contributed by atoms with Crippen LogP contribution in [0.15, 0.2) is 48.5 Å². The van der Waals surface area contributed by atoms with Gasteiger partial charge in [-0.2, -0.15) is 0 Å². The number of nitrogens with one attached hydrogen (secondary N) is 1. The number of benzene rings is 2. The SMILES string of the molecule is CCCS(=O)(=O)Nc1cccc(C(=O)N2CCN(c3ccccc3OC)CC2)c1. The van der Waals surface area contributed by atoms with Crippen molar-refractivity contribution in [2.75, 3.05) is 48.7 Å². The Morgan fingerprint density at radius 2 is 1.79 bits per heavy atom. The summed E-state index contributed by atoms with van der Waals surface area (Å²) in [6, 6.07) is 14.5. The zero-order valence-corrected chi connectivity index (χ0v) is 17.6. The predicted molar refractivity (Wildman–Crippen MR) is 115 cm³/mol. The molecular weight excluding hydrogens is 390 g/mol. The first-order chi connectivity index (χ1) is 13.9. The van der Waals surface area contributed by atoms with E-state index in [1.54, 1.807) is 36.3 Å². The topological polar surface area (TPSA) is 79.0 Å². The number of rotatable bonds is 7. The van der Waals surface area contributed by atoms with Gasteiger partial charge in [0.05, 0.1) is 18.6 Å². The molecule has 0 spiro atoms. The Kier molecular flexibility index (Phi) is 6.64. The smallest absolute Gasteiger partial charge is 0.254 e. The van der Waals surface area contributed by atoms with Crippen molar-refractivity contribution >= 4 is 27.3 Å². The van der Waals surface area contributed by atoms with Crippen LogP contribution in [0.3, 0.4) is 0 Å². The van der Waals surface area contributed by atoms with Crippen molar-refractivity contribution in [3.05, 3.63) is 54.1 Å². The summed E-state index contributed by atoms with van der Waals surface area (Å²) in [5.41, 5.74) is 1.92. The van der Waals surface area contributed by atoms with E-state index in [-0.39, 0.29) is 11.7 Å². The molecule has 0 aliphatic carbocycles. The summed E-state index contributed by atoms with van der Waals surface area (Å²) < 4.78 is 31.9. The second-order valence-corrected chi connectivity index (χ2v) is 8.79. The quantitative estimate of drug-likeness (QED) is 0.749. The molecule has 0 atom stereocenters. The average molecular weight is 418 g/mol. The molecule has 0 unspecified atom stereocenters. The second kappa shape index (κ2) is 9.17. The second-order valence-electron chi connectivity index (χ2n) is 6.95. The highest BCUT2D eigenvalue weighted by molar-refractivity contribution is 7.92. The molecule has 1 heterocycles. The maximum absolute atomic E-state index is 12.9. The van der Waals surface area contributed by atoms with Crippen molar-refractivity contribution in [3.63, 3.8) is 0 Å². The molecule has 2 aromatic carbocycles. The van der Waals surface area contributed by atoms with E-state index in [1.165, 1.54) is 0 Å². The number of para-hydroxylation sites is 2. The highest BCUT2D eigenvalue weighted by Crippen LogP contribution is 2.28. The number of sulfonamides is 1. The normalized spacial score (nSPS) is 14.6. The molecule has 156 valence electrons. The fraction of sp³-hybridized carbons (Fsp3) is 0.381. The lowest BCUT2D eigenvalue weighted by atomic mass is 10.1. The largest absolute Gasteiger partial charge is 0.495 e. The van der Waals surface area contributed by atoms with Crippen LogP contribution in [0.4, 0.5) is 11.4 Å². The molecule has 1 amide bonds. The molecule has 1 aliphatic heterocycles. The Bertz CT molecular complexity index is 954. The van der Waals surface area contributed by atoms with Crippen LogP contribution in [0.25, 0.3) is 0 Å². The lowest BCUT2D eigenvalue weighted by Crippen LogP contribution is -2.48. The monoisotopic (exact) mass is 417 g/mol. The van der Waals surface area contributed by atoms with Gasteiger partial charge in [0.1, 0.15) is 5.75 Å². The first-order valence-electron chi connectivity index (χ1n) is 9.71. The lowest BCUT2D eigenvalue weighted by Gasteiger charge is -2.36. The molecule has 1 saturated heterocycles. The number of ether oxygens (including phenoxy) is 1. The van der Waals surface area contributed by atoms with Crippen LogP contribution in [0.1, 0.15) is 23.7 Å². The number of piperazine rings is 1. The molecule has 1 aliphatic rings. The van der Waals surface area contributed by atoms with Crippen LogP contribution >= 0.6 is 0 Å². The van der Waals surface area contributed by atoms with Crippen LogP contribution in [0.2, 0.25) is 0 Å². The zero-order chi connectivity index (χ0) is 20.9. The molecule has 0 bridgehead atoms. The highest BCUT2D eigenvalue weighted by atomic mass is 32.2. The van der Waals surface area contributed by atoms with Crippen LogP contribution in [0.5, 0.6) is 5.75 Å². The van der Waals surface area contributed by atoms with E-state index < -0.39 is 10.0 Å². The number of carbonyl (C=O) groups excluding carboxylic acids is 1. The van der Waals surface area contributed by atoms with E-state index in [1.807, 2.05) is 31.2 Å². The highest BCUT2D eigenvalue weighted by Gasteiger charge is 2.24. The van der Waals surface area contributed by atoms with Gasteiger partial charge < -0.3 is 14.5 Å². The Morgan fingerprint density at radius 3 is 2.48 bits per heavy atom. The fourth-order valence-corrected chi connectivity index (χ4v) is 4.56. The minimum Gasteiger partial charge on any atom is -0.495 e. The van der Waals surface area contributed by atoms with Gasteiger partial charge in [-0.1, -0.05) is 25.1 Å². The molecule has 29 heavy (non-hydrogen) atoms. The molecular formula is C21H27N3O4S. The summed E-state index contributed by atoms with van der Waals surface area (Å²) in [5, 5.41) is 0. The number of amides is 1. The molecule has 0 radical (unpaired) electrons. The Morgan fingerprint density at radius 1 is 1.07 bits per heavy atom. The molecule has 8 heteroatoms. The fourth-order valence-electron chi connectivity index (χ4n) is 3.44. The van der Waals surface area contributed by atoms with E-state index in [0.29, 0.717) is 43.9 Å². The molecule has 7 nitrogen and oxygen atoms in total. The van der Waals surface area contributed by atoms with E-state index in [4.69, 9.17) is 4.74 Å². The predicted octanol–water partition coefficient (Wildman–Crippen LogP) is 2.81. The molecule has 0 aromatic heterocycles. The van der Waals surface area contributed by atoms with Crippen molar-refractivity contribution in [2.45, 2.75) is 13.3 Å². The third kappa shape index (κ3) is 5.20. The van der Waals surface area contributed by atoms with E-state index in [2.05, 4.69) is 9.62 Å². The summed E-state index contributed by atoms with van der Waals surface area (Å²) in [4.78, 5) is 16.9. The van der Waals surface area contributed by atoms with Crippen molar-refractivity contribution in [3.8, 4) is 5.75 Å². The van der Waals surface area contributed by atoms with Crippen LogP contribution in [0, 0.1) is 0 Å². The van der Waals surface area contributed by atoms with Gasteiger partial charge >= 0.3 is 0 Å². The van der Waals surface area contributed by atoms with Gasteiger partial charge in [-0.05, 0) is 36.8 Å². The number of anilines is 2. The number of methoxy groups -OCH3 is 1. The standard InChI is InChI=1S/C21H27N3O4S/c1-3-15-29(26,27)22-18-8-6-7-17(16-18)21(25)24-13-11-23(12-14-24)19-9-4-5-10-20(19)28-2/h4-10,16,22H,3,11-15H2,1-2H3. The third-order valence-electron chi connectivity index (χ3n) is 4.85. The van der Waals surface area contributed by atoms with Crippen LogP contribution in [-0.4, -0.2) is 58.3 Å². The number of carbonyl (C=O) groups is 1. The van der Waals surface area contributed by atoms with Crippen molar-refractivity contribution in [1.29, 1.82) is 0 Å². The molecule has 1 fully saturated rings. The molecule has 3 rings (SSSR count). The number of hydrogen-bond acceptors (Lipinski definition) is 5. The summed E-state index contributed by atoms with van der Waals surface area (Å²) >= 11 is 0. The van der Waals surface area contributed by atoms with Gasteiger partial charge in [0.2, 0.25) is 10.0 Å². The van der Waals surface area contributed by atoms with Crippen molar-refractivity contribution in [1.82, 2.24) is 4.90 Å². The molecule has 1 N–H and O–H groups in total. The number of hydrogen-bond donors (Lipinski definition) is 1. The minimum absolute atomic E-state index is 0.0517. The lowest BCUT2D eigenvalue weighted by molar-refractivity contribution is 0.0746. The van der Waals surface area contributed by atoms with Crippen LogP contribution in [-0.2, 0) is 10.0 Å². The summed E-state index contributed by atoms with van der Waals surface area (Å²) in [6.45, 7) is 4.39. The average Bonchev–Trinajstić information content (AvgIpc) is 2.73. The Hall–Kier alpha value is -2.74. The zero-order valence-electron chi connectivity index (χ0n) is 16.8. The molecule has 0 saturated carbocycles. The van der Waals surface area contributed by atoms with Gasteiger partial charge in [0, 0.05) is 37.4 Å². The minimum atomic E-state index is -3.39. The Balaban J connectivity index is 1.66. The summed E-state index contributed by atoms with van der Waals surface area (Å²) in [7, 11) is -1.74. The maximum Gasteiger partial charge on any atom is 0.254 e. The van der Waals surface area contributed by atoms with Gasteiger partial charge in [0.15, 0.2) is 0 Å². The molecule has 2 aromatic rings. The summed E-state index contributed by atoms with van der Waals surface area (Å²) in [5.74, 6) is 0.774. The van der Waals surface area contributed by atoms with Gasteiger partial charge in [-0.15, -0.1) is 0 Å². The van der Waals surface area contributed by atoms with E-state index >= 15 is 0 Å². The number of nitrogens with zero attached hydrogens (tertiary/aromatic N) is 2. The third-order valence-corrected chi connectivity index (χ3v) is 6.34. The first-order valence-corrected chi connectivity index (χ1v) is 11.4. The van der Waals surface area contributed by atoms with Gasteiger partial charge in [0.25, 0.3) is 5.91 Å². The van der Waals surface area contributed by atoms with Gasteiger partial charge in [-0.25, -0.2) is 8.42 Å². The first kappa shape index (κ1) is 21.0.